The molecule has 0 aliphatic carbocycles. The smallest absolute Gasteiger partial charge is 0.234 e. The lowest BCUT2D eigenvalue weighted by molar-refractivity contribution is -0.120. The highest BCUT2D eigenvalue weighted by atomic mass is 35.5. The van der Waals surface area contributed by atoms with Crippen LogP contribution in [0, 0.1) is 0 Å². The largest absolute Gasteiger partial charge is 0.352 e. The number of benzene rings is 2. The van der Waals surface area contributed by atoms with Gasteiger partial charge in [-0.1, -0.05) is 35.9 Å². The van der Waals surface area contributed by atoms with Gasteiger partial charge in [0.25, 0.3) is 0 Å². The first kappa shape index (κ1) is 15.9. The fraction of sp³-hybridized carbons (Fsp3) is 0.176. The first-order valence-electron chi connectivity index (χ1n) is 7.17. The number of fused-ring (bicyclic) bond motifs is 1. The van der Waals surface area contributed by atoms with E-state index in [-0.39, 0.29) is 18.2 Å². The van der Waals surface area contributed by atoms with E-state index in [2.05, 4.69) is 10.6 Å². The average Bonchev–Trinajstić information content (AvgIpc) is 2.54. The van der Waals surface area contributed by atoms with Crippen LogP contribution in [-0.2, 0) is 22.6 Å². The van der Waals surface area contributed by atoms with Crippen molar-refractivity contribution in [3.63, 3.8) is 0 Å². The molecule has 1 heterocycles. The van der Waals surface area contributed by atoms with Crippen LogP contribution < -0.4 is 10.6 Å². The van der Waals surface area contributed by atoms with Crippen LogP contribution in [0.25, 0.3) is 0 Å². The minimum atomic E-state index is -0.0836. The lowest BCUT2D eigenvalue weighted by atomic mass is 10.1. The molecule has 0 atom stereocenters. The molecule has 4 nitrogen and oxygen atoms in total. The molecule has 118 valence electrons. The number of carbonyl (C=O) groups is 2. The molecule has 1 aliphatic rings. The zero-order valence-electron chi connectivity index (χ0n) is 12.3. The van der Waals surface area contributed by atoms with Gasteiger partial charge in [-0.3, -0.25) is 9.59 Å². The molecule has 2 aromatic carbocycles. The number of carbonyl (C=O) groups excluding carboxylic acids is 2. The van der Waals surface area contributed by atoms with Crippen molar-refractivity contribution < 1.29 is 9.59 Å². The third kappa shape index (κ3) is 4.06. The summed E-state index contributed by atoms with van der Waals surface area (Å²) in [5.41, 5.74) is 2.53. The van der Waals surface area contributed by atoms with Crippen LogP contribution in [-0.4, -0.2) is 17.6 Å². The highest BCUT2D eigenvalue weighted by molar-refractivity contribution is 8.00. The third-order valence-corrected chi connectivity index (χ3v) is 4.92. The normalized spacial score (nSPS) is 13.2. The van der Waals surface area contributed by atoms with Crippen molar-refractivity contribution in [2.75, 3.05) is 11.1 Å². The van der Waals surface area contributed by atoms with E-state index in [9.17, 15) is 9.59 Å². The molecule has 0 aromatic heterocycles. The highest BCUT2D eigenvalue weighted by Crippen LogP contribution is 2.32. The molecular formula is C17H15ClN2O2S. The Balaban J connectivity index is 1.61. The van der Waals surface area contributed by atoms with Crippen molar-refractivity contribution in [1.82, 2.24) is 5.32 Å². The summed E-state index contributed by atoms with van der Waals surface area (Å²) >= 11 is 7.57. The maximum Gasteiger partial charge on any atom is 0.234 e. The van der Waals surface area contributed by atoms with E-state index in [1.807, 2.05) is 36.4 Å². The van der Waals surface area contributed by atoms with Crippen LogP contribution in [0.4, 0.5) is 5.69 Å². The van der Waals surface area contributed by atoms with Gasteiger partial charge in [0.1, 0.15) is 0 Å². The number of thioether (sulfide) groups is 1. The molecule has 6 heteroatoms. The number of anilines is 1. The summed E-state index contributed by atoms with van der Waals surface area (Å²) in [5.74, 6) is 0.340. The standard InChI is InChI=1S/C17H15ClN2O2S/c18-13-4-2-1-3-12(13)9-19-16(21)8-11-5-6-15-14(7-11)20-17(22)10-23-15/h1-7H,8-10H2,(H,19,21)(H,20,22). The Morgan fingerprint density at radius 2 is 2.09 bits per heavy atom. The molecule has 0 bridgehead atoms. The predicted molar refractivity (Wildman–Crippen MR) is 92.8 cm³/mol. The van der Waals surface area contributed by atoms with Crippen molar-refractivity contribution in [3.05, 3.63) is 58.6 Å². The van der Waals surface area contributed by atoms with Gasteiger partial charge in [-0.25, -0.2) is 0 Å². The van der Waals surface area contributed by atoms with E-state index in [0.29, 0.717) is 17.3 Å². The zero-order chi connectivity index (χ0) is 16.2. The summed E-state index contributed by atoms with van der Waals surface area (Å²) in [6, 6.07) is 13.1. The summed E-state index contributed by atoms with van der Waals surface area (Å²) in [7, 11) is 0. The number of hydrogen-bond acceptors (Lipinski definition) is 3. The Morgan fingerprint density at radius 3 is 2.91 bits per heavy atom. The molecule has 0 radical (unpaired) electrons. The maximum absolute atomic E-state index is 12.1. The highest BCUT2D eigenvalue weighted by Gasteiger charge is 2.16. The molecule has 1 aliphatic heterocycles. The zero-order valence-corrected chi connectivity index (χ0v) is 13.8. The summed E-state index contributed by atoms with van der Waals surface area (Å²) in [5, 5.41) is 6.33. The van der Waals surface area contributed by atoms with E-state index in [0.717, 1.165) is 21.7 Å². The third-order valence-electron chi connectivity index (χ3n) is 3.48. The van der Waals surface area contributed by atoms with Crippen molar-refractivity contribution in [2.24, 2.45) is 0 Å². The van der Waals surface area contributed by atoms with Crippen molar-refractivity contribution in [3.8, 4) is 0 Å². The van der Waals surface area contributed by atoms with Gasteiger partial charge in [0, 0.05) is 16.5 Å². The van der Waals surface area contributed by atoms with Gasteiger partial charge < -0.3 is 10.6 Å². The molecule has 23 heavy (non-hydrogen) atoms. The summed E-state index contributed by atoms with van der Waals surface area (Å²) in [4.78, 5) is 24.5. The molecule has 0 saturated heterocycles. The summed E-state index contributed by atoms with van der Waals surface area (Å²) in [6.45, 7) is 0.399. The summed E-state index contributed by atoms with van der Waals surface area (Å²) < 4.78 is 0. The average molecular weight is 347 g/mol. The van der Waals surface area contributed by atoms with Crippen molar-refractivity contribution >= 4 is 40.9 Å². The minimum absolute atomic E-state index is 0.0113. The van der Waals surface area contributed by atoms with Crippen LogP contribution in [0.2, 0.25) is 5.02 Å². The van der Waals surface area contributed by atoms with Gasteiger partial charge in [-0.05, 0) is 29.3 Å². The Hall–Kier alpha value is -1.98. The molecule has 0 fully saturated rings. The first-order chi connectivity index (χ1) is 11.1. The van der Waals surface area contributed by atoms with E-state index in [1.165, 1.54) is 11.8 Å². The quantitative estimate of drug-likeness (QED) is 0.893. The number of amides is 2. The van der Waals surface area contributed by atoms with Crippen molar-refractivity contribution in [1.29, 1.82) is 0 Å². The Kier molecular flexibility index (Phi) is 4.88. The van der Waals surface area contributed by atoms with Gasteiger partial charge in [0.05, 0.1) is 17.9 Å². The van der Waals surface area contributed by atoms with Gasteiger partial charge in [-0.15, -0.1) is 11.8 Å². The Labute approximate surface area is 143 Å². The van der Waals surface area contributed by atoms with E-state index >= 15 is 0 Å². The minimum Gasteiger partial charge on any atom is -0.352 e. The number of nitrogens with one attached hydrogen (secondary N) is 2. The van der Waals surface area contributed by atoms with E-state index in [1.54, 1.807) is 6.07 Å². The lowest BCUT2D eigenvalue weighted by Crippen LogP contribution is -2.25. The number of rotatable bonds is 4. The van der Waals surface area contributed by atoms with Gasteiger partial charge in [0.15, 0.2) is 0 Å². The van der Waals surface area contributed by atoms with E-state index < -0.39 is 0 Å². The van der Waals surface area contributed by atoms with Gasteiger partial charge in [0.2, 0.25) is 11.8 Å². The SMILES string of the molecule is O=C(Cc1ccc2c(c1)NC(=O)CS2)NCc1ccccc1Cl. The van der Waals surface area contributed by atoms with Crippen LogP contribution in [0.3, 0.4) is 0 Å². The molecule has 0 saturated carbocycles. The summed E-state index contributed by atoms with van der Waals surface area (Å²) in [6.07, 6.45) is 0.262. The monoisotopic (exact) mass is 346 g/mol. The maximum atomic E-state index is 12.1. The molecular weight excluding hydrogens is 332 g/mol. The lowest BCUT2D eigenvalue weighted by Gasteiger charge is -2.17. The number of halogens is 1. The fourth-order valence-electron chi connectivity index (χ4n) is 2.32. The Bertz CT molecular complexity index is 764. The molecule has 0 spiro atoms. The van der Waals surface area contributed by atoms with Crippen LogP contribution >= 0.6 is 23.4 Å². The number of hydrogen-bond donors (Lipinski definition) is 2. The second-order valence-electron chi connectivity index (χ2n) is 5.21. The van der Waals surface area contributed by atoms with Crippen LogP contribution in [0.15, 0.2) is 47.4 Å². The predicted octanol–water partition coefficient (Wildman–Crippen LogP) is 3.24. The van der Waals surface area contributed by atoms with Crippen LogP contribution in [0.5, 0.6) is 0 Å². The second-order valence-corrected chi connectivity index (χ2v) is 6.64. The molecule has 2 amide bonds. The second kappa shape index (κ2) is 7.06. The molecule has 0 unspecified atom stereocenters. The Morgan fingerprint density at radius 1 is 1.26 bits per heavy atom. The van der Waals surface area contributed by atoms with Gasteiger partial charge in [-0.2, -0.15) is 0 Å². The molecule has 2 aromatic rings. The van der Waals surface area contributed by atoms with Gasteiger partial charge >= 0.3 is 0 Å². The first-order valence-corrected chi connectivity index (χ1v) is 8.54. The van der Waals surface area contributed by atoms with Crippen molar-refractivity contribution in [2.45, 2.75) is 17.9 Å². The van der Waals surface area contributed by atoms with Crippen LogP contribution in [0.1, 0.15) is 11.1 Å². The van der Waals surface area contributed by atoms with E-state index in [4.69, 9.17) is 11.6 Å². The molecule has 3 rings (SSSR count). The fourth-order valence-corrected chi connectivity index (χ4v) is 3.31. The molecule has 2 N–H and O–H groups in total. The topological polar surface area (TPSA) is 58.2 Å².